The van der Waals surface area contributed by atoms with Gasteiger partial charge in [-0.3, -0.25) is 9.59 Å². The van der Waals surface area contributed by atoms with Crippen LogP contribution in [0.2, 0.25) is 0 Å². The lowest BCUT2D eigenvalue weighted by atomic mass is 9.94. The number of carbonyl (C=O) groups is 3. The molecule has 0 saturated heterocycles. The van der Waals surface area contributed by atoms with E-state index in [1.54, 1.807) is 24.3 Å². The van der Waals surface area contributed by atoms with Crippen molar-refractivity contribution in [3.8, 4) is 22.9 Å². The number of nitrogens with one attached hydrogen (secondary N) is 2. The molecule has 10 heteroatoms. The first-order chi connectivity index (χ1) is 22.9. The number of hydrogen-bond donors (Lipinski definition) is 3. The minimum absolute atomic E-state index is 0.176. The van der Waals surface area contributed by atoms with Crippen molar-refractivity contribution in [3.63, 3.8) is 0 Å². The van der Waals surface area contributed by atoms with Gasteiger partial charge in [-0.1, -0.05) is 37.5 Å². The topological polar surface area (TPSA) is 132 Å². The Balaban J connectivity index is 1.08. The van der Waals surface area contributed by atoms with E-state index < -0.39 is 11.5 Å². The monoisotopic (exact) mass is 632 g/mol. The van der Waals surface area contributed by atoms with Crippen molar-refractivity contribution in [2.75, 3.05) is 12.1 Å². The van der Waals surface area contributed by atoms with Crippen molar-refractivity contribution in [1.29, 1.82) is 0 Å². The van der Waals surface area contributed by atoms with E-state index in [9.17, 15) is 14.4 Å². The molecule has 2 amide bonds. The number of rotatable bonds is 8. The zero-order chi connectivity index (χ0) is 32.1. The van der Waals surface area contributed by atoms with E-state index in [0.717, 1.165) is 53.7 Å². The number of hydrogen-bond acceptors (Lipinski definition) is 6. The van der Waals surface area contributed by atoms with E-state index in [-0.39, 0.29) is 18.6 Å². The zero-order valence-corrected chi connectivity index (χ0v) is 25.9. The number of ether oxygens (including phenoxy) is 2. The highest BCUT2D eigenvalue weighted by atomic mass is 16.7. The van der Waals surface area contributed by atoms with Crippen molar-refractivity contribution < 1.29 is 29.0 Å². The number of aliphatic carboxylic acids is 1. The Labute approximate surface area is 271 Å². The van der Waals surface area contributed by atoms with Crippen LogP contribution < -0.4 is 20.1 Å². The van der Waals surface area contributed by atoms with E-state index in [1.165, 1.54) is 25.3 Å². The second kappa shape index (κ2) is 11.6. The number of nitrogens with zero attached hydrogens (tertiary/aromatic N) is 2. The maximum absolute atomic E-state index is 13.8. The molecule has 10 nitrogen and oxygen atoms in total. The second-order valence-electron chi connectivity index (χ2n) is 13.3. The average Bonchev–Trinajstić information content (AvgIpc) is 3.92. The number of para-hydroxylation sites is 1. The van der Waals surface area contributed by atoms with Gasteiger partial charge >= 0.3 is 5.97 Å². The van der Waals surface area contributed by atoms with Crippen LogP contribution in [-0.2, 0) is 9.59 Å². The molecule has 4 aliphatic rings. The number of imidazole rings is 1. The van der Waals surface area contributed by atoms with Crippen LogP contribution in [0.15, 0.2) is 66.7 Å². The predicted octanol–water partition coefficient (Wildman–Crippen LogP) is 6.57. The molecule has 3 atom stereocenters. The molecule has 1 aromatic heterocycles. The van der Waals surface area contributed by atoms with E-state index in [0.29, 0.717) is 53.1 Å². The molecule has 0 spiro atoms. The molecule has 1 aliphatic heterocycles. The van der Waals surface area contributed by atoms with Crippen LogP contribution in [0.25, 0.3) is 28.5 Å². The molecule has 3 aromatic carbocycles. The molecule has 1 unspecified atom stereocenters. The second-order valence-corrected chi connectivity index (χ2v) is 13.3. The molecular formula is C37H36N4O6. The number of carboxylic acids is 1. The predicted molar refractivity (Wildman–Crippen MR) is 176 cm³/mol. The summed E-state index contributed by atoms with van der Waals surface area (Å²) in [6.07, 6.45) is 10.2. The van der Waals surface area contributed by atoms with Crippen LogP contribution in [-0.4, -0.2) is 44.8 Å². The number of anilines is 1. The quantitative estimate of drug-likeness (QED) is 0.187. The third-order valence-corrected chi connectivity index (χ3v) is 10.5. The van der Waals surface area contributed by atoms with Gasteiger partial charge in [-0.2, -0.15) is 0 Å². The van der Waals surface area contributed by atoms with Gasteiger partial charge in [0.1, 0.15) is 11.4 Å². The average molecular weight is 633 g/mol. The Morgan fingerprint density at radius 3 is 2.55 bits per heavy atom. The lowest BCUT2D eigenvalue weighted by Gasteiger charge is -2.29. The molecule has 0 radical (unpaired) electrons. The Morgan fingerprint density at radius 2 is 1.81 bits per heavy atom. The maximum Gasteiger partial charge on any atom is 0.328 e. The molecule has 240 valence electrons. The van der Waals surface area contributed by atoms with Gasteiger partial charge in [0.2, 0.25) is 12.7 Å². The van der Waals surface area contributed by atoms with Crippen molar-refractivity contribution >= 4 is 40.6 Å². The van der Waals surface area contributed by atoms with Crippen molar-refractivity contribution in [1.82, 2.24) is 14.9 Å². The molecule has 3 fully saturated rings. The number of aromatic nitrogens is 2. The lowest BCUT2D eigenvalue weighted by molar-refractivity contribution is -0.131. The summed E-state index contributed by atoms with van der Waals surface area (Å²) in [4.78, 5) is 43.5. The maximum atomic E-state index is 13.8. The fourth-order valence-corrected chi connectivity index (χ4v) is 8.17. The van der Waals surface area contributed by atoms with Gasteiger partial charge in [0.15, 0.2) is 11.5 Å². The summed E-state index contributed by atoms with van der Waals surface area (Å²) in [5.74, 6) is 1.97. The molecule has 8 rings (SSSR count). The van der Waals surface area contributed by atoms with Gasteiger partial charge in [0.05, 0.1) is 16.6 Å². The van der Waals surface area contributed by atoms with Gasteiger partial charge in [-0.25, -0.2) is 9.78 Å². The van der Waals surface area contributed by atoms with Gasteiger partial charge in [0, 0.05) is 23.4 Å². The highest BCUT2D eigenvalue weighted by Crippen LogP contribution is 2.53. The standard InChI is InChI=1S/C37H36N4O6/c42-32(43)15-9-22-7-12-26(13-8-22)38-36(45)37(16-1-2-17-37)40-35(44)25-11-14-29-28(20-25)39-34(27-4-3-5-31-33(27)47-21-46-31)41(29)30-19-23-6-10-24(30)18-23/h3-5,7-9,11-15,20,23-24,30H,1-2,6,10,16-19,21H2,(H,38,45)(H,40,44)(H,42,43)/b15-9+/t23-,24+,30?/m1/s1. The normalized spacial score (nSPS) is 22.3. The Morgan fingerprint density at radius 1 is 0.979 bits per heavy atom. The van der Waals surface area contributed by atoms with Crippen molar-refractivity contribution in [3.05, 3.63) is 77.9 Å². The van der Waals surface area contributed by atoms with E-state index in [1.807, 2.05) is 36.4 Å². The van der Waals surface area contributed by atoms with Crippen LogP contribution in [0.4, 0.5) is 5.69 Å². The van der Waals surface area contributed by atoms with Gasteiger partial charge < -0.3 is 29.8 Å². The number of amides is 2. The minimum Gasteiger partial charge on any atom is -0.478 e. The van der Waals surface area contributed by atoms with Crippen LogP contribution in [0, 0.1) is 11.8 Å². The summed E-state index contributed by atoms with van der Waals surface area (Å²) in [5, 5.41) is 14.9. The van der Waals surface area contributed by atoms with E-state index in [2.05, 4.69) is 15.2 Å². The molecule has 3 saturated carbocycles. The van der Waals surface area contributed by atoms with Crippen molar-refractivity contribution in [2.24, 2.45) is 11.8 Å². The smallest absolute Gasteiger partial charge is 0.328 e. The van der Waals surface area contributed by atoms with Crippen LogP contribution in [0.1, 0.15) is 73.3 Å². The molecule has 47 heavy (non-hydrogen) atoms. The Hall–Kier alpha value is -5.12. The number of carboxylic acid groups (broad SMARTS) is 1. The highest BCUT2D eigenvalue weighted by Gasteiger charge is 2.44. The molecule has 2 bridgehead atoms. The van der Waals surface area contributed by atoms with Gasteiger partial charge in [0.25, 0.3) is 5.91 Å². The van der Waals surface area contributed by atoms with Crippen LogP contribution in [0.3, 0.4) is 0 Å². The fraction of sp³-hybridized carbons (Fsp3) is 0.351. The summed E-state index contributed by atoms with van der Waals surface area (Å²) in [6, 6.07) is 18.8. The Kier molecular flexibility index (Phi) is 7.23. The van der Waals surface area contributed by atoms with Crippen LogP contribution in [0.5, 0.6) is 11.5 Å². The largest absolute Gasteiger partial charge is 0.478 e. The fourth-order valence-electron chi connectivity index (χ4n) is 8.17. The number of carbonyl (C=O) groups excluding carboxylic acids is 2. The van der Waals surface area contributed by atoms with Gasteiger partial charge in [-0.05, 0) is 98.0 Å². The summed E-state index contributed by atoms with van der Waals surface area (Å²) in [5.41, 5.74) is 3.29. The Bertz CT molecular complexity index is 1920. The number of fused-ring (bicyclic) bond motifs is 4. The minimum atomic E-state index is -1.04. The van der Waals surface area contributed by atoms with E-state index >= 15 is 0 Å². The first-order valence-corrected chi connectivity index (χ1v) is 16.4. The molecule has 4 aromatic rings. The molecule has 3 aliphatic carbocycles. The number of benzene rings is 3. The third kappa shape index (κ3) is 5.31. The third-order valence-electron chi connectivity index (χ3n) is 10.5. The molecule has 2 heterocycles. The first-order valence-electron chi connectivity index (χ1n) is 16.4. The van der Waals surface area contributed by atoms with Gasteiger partial charge in [-0.15, -0.1) is 0 Å². The summed E-state index contributed by atoms with van der Waals surface area (Å²) >= 11 is 0. The SMILES string of the molecule is O=C(O)/C=C/c1ccc(NC(=O)C2(NC(=O)c3ccc4c(c3)nc(-c3cccc5c3OCO5)n4C3C[C@@H]4CC[C@H]3C4)CCCC2)cc1. The van der Waals surface area contributed by atoms with Crippen LogP contribution >= 0.6 is 0 Å². The lowest BCUT2D eigenvalue weighted by Crippen LogP contribution is -2.55. The van der Waals surface area contributed by atoms with E-state index in [4.69, 9.17) is 19.6 Å². The van der Waals surface area contributed by atoms with Crippen molar-refractivity contribution in [2.45, 2.75) is 62.9 Å². The summed E-state index contributed by atoms with van der Waals surface area (Å²) in [7, 11) is 0. The summed E-state index contributed by atoms with van der Waals surface area (Å²) < 4.78 is 13.9. The highest BCUT2D eigenvalue weighted by molar-refractivity contribution is 6.05. The first kappa shape index (κ1) is 29.3. The molecular weight excluding hydrogens is 596 g/mol. The summed E-state index contributed by atoms with van der Waals surface area (Å²) in [6.45, 7) is 0.176. The zero-order valence-electron chi connectivity index (χ0n) is 25.9. The molecule has 3 N–H and O–H groups in total.